The van der Waals surface area contributed by atoms with Crippen molar-refractivity contribution in [2.75, 3.05) is 25.3 Å². The molecule has 1 heterocycles. The van der Waals surface area contributed by atoms with Gasteiger partial charge in [-0.15, -0.1) is 0 Å². The van der Waals surface area contributed by atoms with Crippen molar-refractivity contribution in [3.05, 3.63) is 18.2 Å². The van der Waals surface area contributed by atoms with E-state index in [2.05, 4.69) is 19.2 Å². The average molecular weight is 294 g/mol. The number of thioether (sulfide) groups is 1. The lowest BCUT2D eigenvalue weighted by Crippen LogP contribution is -2.23. The molecular formula is C15H22N2O2S. The number of amidine groups is 1. The highest BCUT2D eigenvalue weighted by molar-refractivity contribution is 8.14. The second kappa shape index (κ2) is 6.88. The van der Waals surface area contributed by atoms with E-state index in [1.54, 1.807) is 26.0 Å². The summed E-state index contributed by atoms with van der Waals surface area (Å²) in [7, 11) is 3.28. The maximum Gasteiger partial charge on any atom is 0.162 e. The molecule has 1 aromatic carbocycles. The number of nitrogens with zero attached hydrogens (tertiary/aromatic N) is 1. The quantitative estimate of drug-likeness (QED) is 0.921. The minimum atomic E-state index is 0.416. The van der Waals surface area contributed by atoms with Crippen LogP contribution in [0.1, 0.15) is 20.3 Å². The van der Waals surface area contributed by atoms with Crippen LogP contribution in [-0.4, -0.2) is 31.2 Å². The Balaban J connectivity index is 2.13. The molecule has 1 aromatic rings. The third-order valence-corrected chi connectivity index (χ3v) is 4.26. The molecular weight excluding hydrogens is 272 g/mol. The van der Waals surface area contributed by atoms with E-state index in [0.29, 0.717) is 12.0 Å². The maximum atomic E-state index is 5.31. The molecule has 0 aromatic heterocycles. The monoisotopic (exact) mass is 294 g/mol. The molecule has 0 saturated carbocycles. The lowest BCUT2D eigenvalue weighted by molar-refractivity contribution is 0.355. The van der Waals surface area contributed by atoms with Crippen molar-refractivity contribution >= 4 is 22.6 Å². The van der Waals surface area contributed by atoms with Gasteiger partial charge < -0.3 is 14.8 Å². The topological polar surface area (TPSA) is 42.8 Å². The fourth-order valence-corrected chi connectivity index (χ4v) is 3.07. The van der Waals surface area contributed by atoms with E-state index < -0.39 is 0 Å². The van der Waals surface area contributed by atoms with Gasteiger partial charge in [-0.3, -0.25) is 4.99 Å². The van der Waals surface area contributed by atoms with Crippen LogP contribution in [0.3, 0.4) is 0 Å². The summed E-state index contributed by atoms with van der Waals surface area (Å²) >= 11 is 1.77. The van der Waals surface area contributed by atoms with Crippen LogP contribution in [0, 0.1) is 5.92 Å². The van der Waals surface area contributed by atoms with E-state index in [1.807, 2.05) is 18.2 Å². The standard InChI is InChI=1S/C15H22N2O2S/c1-10(2)12-7-8-20-15(17-12)16-11-5-6-13(18-3)14(9-11)19-4/h5-6,9-10,12H,7-8H2,1-4H3,(H,16,17). The van der Waals surface area contributed by atoms with Crippen molar-refractivity contribution in [3.63, 3.8) is 0 Å². The molecule has 0 amide bonds. The van der Waals surface area contributed by atoms with Gasteiger partial charge in [-0.25, -0.2) is 0 Å². The van der Waals surface area contributed by atoms with Crippen LogP contribution in [0.25, 0.3) is 0 Å². The molecule has 1 aliphatic rings. The summed E-state index contributed by atoms with van der Waals surface area (Å²) < 4.78 is 10.6. The van der Waals surface area contributed by atoms with Gasteiger partial charge in [-0.05, 0) is 24.5 Å². The summed E-state index contributed by atoms with van der Waals surface area (Å²) in [5, 5.41) is 4.36. The molecule has 0 radical (unpaired) electrons. The van der Waals surface area contributed by atoms with E-state index in [1.165, 1.54) is 0 Å². The van der Waals surface area contributed by atoms with Crippen molar-refractivity contribution in [2.45, 2.75) is 26.3 Å². The predicted octanol–water partition coefficient (Wildman–Crippen LogP) is 3.63. The van der Waals surface area contributed by atoms with Gasteiger partial charge in [-0.2, -0.15) is 0 Å². The zero-order valence-electron chi connectivity index (χ0n) is 12.5. The molecule has 1 atom stereocenters. The van der Waals surface area contributed by atoms with E-state index in [4.69, 9.17) is 14.5 Å². The predicted molar refractivity (Wildman–Crippen MR) is 86.3 cm³/mol. The second-order valence-electron chi connectivity index (χ2n) is 5.08. The fraction of sp³-hybridized carbons (Fsp3) is 0.533. The van der Waals surface area contributed by atoms with Crippen LogP contribution >= 0.6 is 11.8 Å². The molecule has 2 rings (SSSR count). The smallest absolute Gasteiger partial charge is 0.162 e. The first-order chi connectivity index (χ1) is 9.63. The zero-order valence-corrected chi connectivity index (χ0v) is 13.3. The first-order valence-corrected chi connectivity index (χ1v) is 7.82. The van der Waals surface area contributed by atoms with Gasteiger partial charge >= 0.3 is 0 Å². The minimum absolute atomic E-state index is 0.416. The molecule has 4 nitrogen and oxygen atoms in total. The number of rotatable bonds is 4. The number of hydrogen-bond donors (Lipinski definition) is 1. The highest BCUT2D eigenvalue weighted by Crippen LogP contribution is 2.31. The van der Waals surface area contributed by atoms with Gasteiger partial charge in [-0.1, -0.05) is 25.6 Å². The lowest BCUT2D eigenvalue weighted by Gasteiger charge is -2.23. The van der Waals surface area contributed by atoms with Crippen LogP contribution in [0.2, 0.25) is 0 Å². The number of benzene rings is 1. The first-order valence-electron chi connectivity index (χ1n) is 6.83. The molecule has 5 heteroatoms. The van der Waals surface area contributed by atoms with Gasteiger partial charge in [0.05, 0.1) is 20.3 Å². The van der Waals surface area contributed by atoms with Gasteiger partial charge in [0.1, 0.15) is 0 Å². The molecule has 1 N–H and O–H groups in total. The molecule has 0 aliphatic carbocycles. The Morgan fingerprint density at radius 3 is 2.65 bits per heavy atom. The first kappa shape index (κ1) is 15.0. The minimum Gasteiger partial charge on any atom is -0.493 e. The van der Waals surface area contributed by atoms with Gasteiger partial charge in [0.15, 0.2) is 16.7 Å². The van der Waals surface area contributed by atoms with Crippen LogP contribution in [0.4, 0.5) is 5.69 Å². The molecule has 0 spiro atoms. The Kier molecular flexibility index (Phi) is 5.17. The van der Waals surface area contributed by atoms with E-state index in [-0.39, 0.29) is 0 Å². The molecule has 0 saturated heterocycles. The Morgan fingerprint density at radius 2 is 2.00 bits per heavy atom. The summed E-state index contributed by atoms with van der Waals surface area (Å²) in [4.78, 5) is 4.77. The number of ether oxygens (including phenoxy) is 2. The molecule has 110 valence electrons. The Morgan fingerprint density at radius 1 is 1.25 bits per heavy atom. The maximum absolute atomic E-state index is 5.31. The summed E-state index contributed by atoms with van der Waals surface area (Å²) in [5.41, 5.74) is 0.971. The summed E-state index contributed by atoms with van der Waals surface area (Å²) in [6.07, 6.45) is 1.15. The van der Waals surface area contributed by atoms with Crippen molar-refractivity contribution in [1.82, 2.24) is 0 Å². The van der Waals surface area contributed by atoms with Crippen molar-refractivity contribution in [1.29, 1.82) is 0 Å². The molecule has 1 unspecified atom stereocenters. The Bertz CT molecular complexity index is 489. The molecule has 0 fully saturated rings. The number of aliphatic imine (C=N–C) groups is 1. The molecule has 20 heavy (non-hydrogen) atoms. The van der Waals surface area contributed by atoms with Gasteiger partial charge in [0.2, 0.25) is 0 Å². The number of hydrogen-bond acceptors (Lipinski definition) is 5. The van der Waals surface area contributed by atoms with Gasteiger partial charge in [0, 0.05) is 17.5 Å². The van der Waals surface area contributed by atoms with Crippen LogP contribution < -0.4 is 14.8 Å². The van der Waals surface area contributed by atoms with Crippen molar-refractivity contribution in [3.8, 4) is 11.5 Å². The van der Waals surface area contributed by atoms with E-state index in [9.17, 15) is 0 Å². The van der Waals surface area contributed by atoms with Crippen LogP contribution in [0.15, 0.2) is 23.2 Å². The number of nitrogens with one attached hydrogen (secondary N) is 1. The van der Waals surface area contributed by atoms with Crippen LogP contribution in [0.5, 0.6) is 11.5 Å². The number of methoxy groups -OCH3 is 2. The Hall–Kier alpha value is -1.36. The highest BCUT2D eigenvalue weighted by atomic mass is 32.2. The third kappa shape index (κ3) is 3.60. The fourth-order valence-electron chi connectivity index (χ4n) is 2.12. The summed E-state index contributed by atoms with van der Waals surface area (Å²) in [6.45, 7) is 4.44. The van der Waals surface area contributed by atoms with Crippen molar-refractivity contribution < 1.29 is 9.47 Å². The van der Waals surface area contributed by atoms with Crippen molar-refractivity contribution in [2.24, 2.45) is 10.9 Å². The van der Waals surface area contributed by atoms with Gasteiger partial charge in [0.25, 0.3) is 0 Å². The largest absolute Gasteiger partial charge is 0.493 e. The van der Waals surface area contributed by atoms with E-state index in [0.717, 1.165) is 34.5 Å². The summed E-state index contributed by atoms with van der Waals surface area (Å²) in [6, 6.07) is 6.22. The highest BCUT2D eigenvalue weighted by Gasteiger charge is 2.18. The zero-order chi connectivity index (χ0) is 14.5. The lowest BCUT2D eigenvalue weighted by atomic mass is 10.0. The SMILES string of the molecule is COc1ccc(NC2=NC(C(C)C)CCS2)cc1OC. The Labute approximate surface area is 125 Å². The third-order valence-electron chi connectivity index (χ3n) is 3.34. The average Bonchev–Trinajstić information content (AvgIpc) is 2.47. The molecule has 1 aliphatic heterocycles. The second-order valence-corrected chi connectivity index (χ2v) is 6.16. The normalized spacial score (nSPS) is 18.6. The summed E-state index contributed by atoms with van der Waals surface area (Å²) in [5.74, 6) is 3.15. The number of anilines is 1. The van der Waals surface area contributed by atoms with E-state index >= 15 is 0 Å². The molecule has 0 bridgehead atoms. The van der Waals surface area contributed by atoms with Crippen LogP contribution in [-0.2, 0) is 0 Å².